The Morgan fingerprint density at radius 1 is 0.970 bits per heavy atom. The summed E-state index contributed by atoms with van der Waals surface area (Å²) in [5.41, 5.74) is -6.18. The van der Waals surface area contributed by atoms with Gasteiger partial charge in [-0.3, -0.25) is 0 Å². The number of benzene rings is 2. The second-order valence-corrected chi connectivity index (χ2v) is 8.31. The second kappa shape index (κ2) is 9.00. The van der Waals surface area contributed by atoms with E-state index in [1.165, 1.54) is 26.2 Å². The number of ether oxygens (including phenoxy) is 1. The fourth-order valence-electron chi connectivity index (χ4n) is 3.59. The third-order valence-corrected chi connectivity index (χ3v) is 6.46. The van der Waals surface area contributed by atoms with Gasteiger partial charge in [-0.25, -0.2) is 4.39 Å². The largest absolute Gasteiger partial charge is 0.495 e. The normalized spacial score (nSPS) is 14.2. The van der Waals surface area contributed by atoms with Gasteiger partial charge in [0.25, 0.3) is 0 Å². The molecule has 0 aliphatic rings. The van der Waals surface area contributed by atoms with Gasteiger partial charge in [-0.2, -0.15) is 22.0 Å². The van der Waals surface area contributed by atoms with Gasteiger partial charge >= 0.3 is 18.0 Å². The maximum absolute atomic E-state index is 15.4. The van der Waals surface area contributed by atoms with Crippen LogP contribution in [0.3, 0.4) is 0 Å². The molecule has 3 nitrogen and oxygen atoms in total. The molecule has 2 N–H and O–H groups in total. The zero-order valence-corrected chi connectivity index (χ0v) is 18.3. The number of hydrogen-bond acceptors (Lipinski definition) is 4. The first-order valence-corrected chi connectivity index (χ1v) is 10.6. The lowest BCUT2D eigenvalue weighted by molar-refractivity contribution is -0.375. The van der Waals surface area contributed by atoms with Crippen LogP contribution in [0.5, 0.6) is 5.75 Å². The van der Waals surface area contributed by atoms with Crippen LogP contribution in [0.4, 0.5) is 26.3 Å². The summed E-state index contributed by atoms with van der Waals surface area (Å²) in [4.78, 5) is 0.519. The van der Waals surface area contributed by atoms with Gasteiger partial charge in [0, 0.05) is 10.4 Å². The number of aliphatic hydroxyl groups is 2. The molecule has 0 spiro atoms. The average Bonchev–Trinajstić information content (AvgIpc) is 3.20. The molecule has 1 aromatic heterocycles. The van der Waals surface area contributed by atoms with Crippen molar-refractivity contribution in [1.29, 1.82) is 0 Å². The SMILES string of the molecule is CCc1cccc(-c2cc(OC)c(-c3ccc(CO)cc3)s2)c1C(F)(C(O)(F)F)C(F)(F)F. The summed E-state index contributed by atoms with van der Waals surface area (Å²) in [6, 6.07) is 11.5. The van der Waals surface area contributed by atoms with Gasteiger partial charge in [0.1, 0.15) is 5.75 Å². The third kappa shape index (κ3) is 4.34. The second-order valence-electron chi connectivity index (χ2n) is 7.25. The van der Waals surface area contributed by atoms with Crippen molar-refractivity contribution in [3.8, 4) is 26.6 Å². The summed E-state index contributed by atoms with van der Waals surface area (Å²) in [7, 11) is 1.33. The van der Waals surface area contributed by atoms with E-state index in [4.69, 9.17) is 9.84 Å². The van der Waals surface area contributed by atoms with Crippen LogP contribution < -0.4 is 4.74 Å². The molecule has 3 aromatic rings. The number of rotatable bonds is 7. The highest BCUT2D eigenvalue weighted by Crippen LogP contribution is 2.56. The predicted molar refractivity (Wildman–Crippen MR) is 113 cm³/mol. The van der Waals surface area contributed by atoms with Crippen molar-refractivity contribution in [1.82, 2.24) is 0 Å². The van der Waals surface area contributed by atoms with E-state index in [0.29, 0.717) is 16.0 Å². The number of thiophene rings is 1. The van der Waals surface area contributed by atoms with Crippen LogP contribution in [-0.2, 0) is 18.7 Å². The Hall–Kier alpha value is -2.56. The maximum Gasteiger partial charge on any atom is 0.435 e. The molecule has 0 aliphatic heterocycles. The van der Waals surface area contributed by atoms with E-state index >= 15 is 4.39 Å². The summed E-state index contributed by atoms with van der Waals surface area (Å²) in [5.74, 6) is 0.242. The number of aryl methyl sites for hydroxylation is 1. The highest BCUT2D eigenvalue weighted by molar-refractivity contribution is 7.19. The summed E-state index contributed by atoms with van der Waals surface area (Å²) in [6.45, 7) is 1.21. The summed E-state index contributed by atoms with van der Waals surface area (Å²) in [6.07, 6.45) is -12.0. The number of halogens is 6. The van der Waals surface area contributed by atoms with Crippen molar-refractivity contribution in [3.63, 3.8) is 0 Å². The Morgan fingerprint density at radius 3 is 2.09 bits per heavy atom. The van der Waals surface area contributed by atoms with Gasteiger partial charge in [0.05, 0.1) is 18.6 Å². The molecule has 0 saturated heterocycles. The highest BCUT2D eigenvalue weighted by Gasteiger charge is 2.73. The molecule has 0 fully saturated rings. The molecule has 1 atom stereocenters. The van der Waals surface area contributed by atoms with Crippen LogP contribution in [0.2, 0.25) is 0 Å². The van der Waals surface area contributed by atoms with Crippen molar-refractivity contribution >= 4 is 11.3 Å². The summed E-state index contributed by atoms with van der Waals surface area (Å²) < 4.78 is 89.6. The van der Waals surface area contributed by atoms with Crippen LogP contribution >= 0.6 is 11.3 Å². The van der Waals surface area contributed by atoms with Gasteiger partial charge < -0.3 is 14.9 Å². The van der Waals surface area contributed by atoms with E-state index in [1.54, 1.807) is 24.3 Å². The monoisotopic (exact) mass is 490 g/mol. The van der Waals surface area contributed by atoms with Gasteiger partial charge in [-0.05, 0) is 34.7 Å². The lowest BCUT2D eigenvalue weighted by Gasteiger charge is -2.34. The smallest absolute Gasteiger partial charge is 0.435 e. The molecule has 2 aromatic carbocycles. The fraction of sp³-hybridized carbons (Fsp3) is 0.304. The first-order chi connectivity index (χ1) is 15.4. The van der Waals surface area contributed by atoms with Crippen LogP contribution in [0.25, 0.3) is 20.9 Å². The molecule has 1 unspecified atom stereocenters. The standard InChI is InChI=1S/C23H20F6O3S/c1-3-14-5-4-6-16(19(14)21(24,22(25,26)27)23(28,29)31)18-11-17(32-2)20(33-18)15-9-7-13(12-30)8-10-15/h4-11,30-31H,3,12H2,1-2H3. The van der Waals surface area contributed by atoms with Gasteiger partial charge in [-0.1, -0.05) is 49.4 Å². The Morgan fingerprint density at radius 2 is 1.61 bits per heavy atom. The van der Waals surface area contributed by atoms with Crippen molar-refractivity contribution in [2.24, 2.45) is 0 Å². The Kier molecular flexibility index (Phi) is 6.84. The molecule has 0 bridgehead atoms. The Balaban J connectivity index is 2.30. The van der Waals surface area contributed by atoms with Crippen molar-refractivity contribution < 1.29 is 41.3 Å². The lowest BCUT2D eigenvalue weighted by Crippen LogP contribution is -2.53. The molecule has 0 aliphatic carbocycles. The van der Waals surface area contributed by atoms with Crippen molar-refractivity contribution in [2.75, 3.05) is 7.11 Å². The number of alkyl halides is 6. The minimum atomic E-state index is -6.10. The molecule has 0 saturated carbocycles. The molecule has 33 heavy (non-hydrogen) atoms. The topological polar surface area (TPSA) is 49.7 Å². The summed E-state index contributed by atoms with van der Waals surface area (Å²) in [5, 5.41) is 18.3. The van der Waals surface area contributed by atoms with Gasteiger partial charge in [0.15, 0.2) is 0 Å². The molecule has 178 valence electrons. The van der Waals surface area contributed by atoms with E-state index in [9.17, 15) is 27.1 Å². The molecular weight excluding hydrogens is 470 g/mol. The van der Waals surface area contributed by atoms with Gasteiger partial charge in [-0.15, -0.1) is 11.3 Å². The van der Waals surface area contributed by atoms with Crippen molar-refractivity contribution in [2.45, 2.75) is 37.9 Å². The van der Waals surface area contributed by atoms with Crippen LogP contribution in [-0.4, -0.2) is 29.6 Å². The average molecular weight is 490 g/mol. The third-order valence-electron chi connectivity index (χ3n) is 5.26. The first-order valence-electron chi connectivity index (χ1n) is 9.75. The molecule has 0 radical (unpaired) electrons. The molecule has 3 rings (SSSR count). The number of aliphatic hydroxyl groups excluding tert-OH is 1. The Labute approximate surface area is 189 Å². The van der Waals surface area contributed by atoms with Gasteiger partial charge in [0.2, 0.25) is 0 Å². The van der Waals surface area contributed by atoms with E-state index in [-0.39, 0.29) is 29.2 Å². The fourth-order valence-corrected chi connectivity index (χ4v) is 4.75. The zero-order valence-electron chi connectivity index (χ0n) is 17.5. The molecule has 1 heterocycles. The minimum absolute atomic E-state index is 0.0499. The minimum Gasteiger partial charge on any atom is -0.495 e. The maximum atomic E-state index is 15.4. The quantitative estimate of drug-likeness (QED) is 0.374. The van der Waals surface area contributed by atoms with Crippen LogP contribution in [0, 0.1) is 0 Å². The Bertz CT molecular complexity index is 1100. The first kappa shape index (κ1) is 25.1. The van der Waals surface area contributed by atoms with Crippen LogP contribution in [0.15, 0.2) is 48.5 Å². The molecule has 0 amide bonds. The molecule has 10 heteroatoms. The van der Waals surface area contributed by atoms with Crippen LogP contribution in [0.1, 0.15) is 23.6 Å². The van der Waals surface area contributed by atoms with E-state index < -0.39 is 29.1 Å². The predicted octanol–water partition coefficient (Wildman–Crippen LogP) is 6.46. The zero-order chi connectivity index (χ0) is 24.6. The van der Waals surface area contributed by atoms with E-state index in [2.05, 4.69) is 0 Å². The van der Waals surface area contributed by atoms with E-state index in [0.717, 1.165) is 23.5 Å². The lowest BCUT2D eigenvalue weighted by atomic mass is 9.84. The highest BCUT2D eigenvalue weighted by atomic mass is 32.1. The number of methoxy groups -OCH3 is 1. The number of hydrogen-bond donors (Lipinski definition) is 2. The van der Waals surface area contributed by atoms with E-state index in [1.807, 2.05) is 0 Å². The molecular formula is C23H20F6O3S. The van der Waals surface area contributed by atoms with Crippen molar-refractivity contribution in [3.05, 3.63) is 65.2 Å². The summed E-state index contributed by atoms with van der Waals surface area (Å²) >= 11 is 0.926.